The van der Waals surface area contributed by atoms with Crippen LogP contribution < -0.4 is 4.74 Å². The largest absolute Gasteiger partial charge is 0.508 e. The zero-order valence-electron chi connectivity index (χ0n) is 10.3. The number of phenols is 1. The predicted molar refractivity (Wildman–Crippen MR) is 69.4 cm³/mol. The van der Waals surface area contributed by atoms with Gasteiger partial charge in [0.05, 0.1) is 10.6 Å². The van der Waals surface area contributed by atoms with E-state index in [1.54, 1.807) is 13.0 Å². The number of hydrogen-bond acceptors (Lipinski definition) is 2. The smallest absolute Gasteiger partial charge is 0.416 e. The van der Waals surface area contributed by atoms with Crippen LogP contribution in [0, 0.1) is 6.92 Å². The number of halogens is 4. The lowest BCUT2D eigenvalue weighted by Crippen LogP contribution is -2.04. The van der Waals surface area contributed by atoms with E-state index in [-0.39, 0.29) is 16.5 Å². The molecular formula is C14H10ClF3O2. The lowest BCUT2D eigenvalue weighted by atomic mass is 10.2. The molecule has 2 aromatic rings. The molecule has 0 fully saturated rings. The second kappa shape index (κ2) is 5.25. The highest BCUT2D eigenvalue weighted by Gasteiger charge is 2.31. The van der Waals surface area contributed by atoms with Crippen molar-refractivity contribution in [2.45, 2.75) is 13.1 Å². The molecule has 0 unspecified atom stereocenters. The maximum Gasteiger partial charge on any atom is 0.416 e. The van der Waals surface area contributed by atoms with E-state index in [2.05, 4.69) is 0 Å². The maximum absolute atomic E-state index is 12.5. The minimum atomic E-state index is -4.45. The monoisotopic (exact) mass is 302 g/mol. The highest BCUT2D eigenvalue weighted by atomic mass is 35.5. The number of aryl methyl sites for hydroxylation is 1. The first-order valence-electron chi connectivity index (χ1n) is 5.61. The van der Waals surface area contributed by atoms with Gasteiger partial charge in [0.1, 0.15) is 17.2 Å². The summed E-state index contributed by atoms with van der Waals surface area (Å²) in [6.07, 6.45) is -4.45. The van der Waals surface area contributed by atoms with E-state index in [4.69, 9.17) is 16.3 Å². The van der Waals surface area contributed by atoms with Crippen LogP contribution in [0.3, 0.4) is 0 Å². The number of hydrogen-bond donors (Lipinski definition) is 1. The van der Waals surface area contributed by atoms with Crippen molar-refractivity contribution in [3.8, 4) is 17.2 Å². The van der Waals surface area contributed by atoms with Crippen molar-refractivity contribution in [2.24, 2.45) is 0 Å². The first-order valence-corrected chi connectivity index (χ1v) is 5.99. The molecule has 0 atom stereocenters. The Morgan fingerprint density at radius 3 is 2.35 bits per heavy atom. The summed E-state index contributed by atoms with van der Waals surface area (Å²) in [5, 5.41) is 9.28. The van der Waals surface area contributed by atoms with Crippen molar-refractivity contribution in [3.63, 3.8) is 0 Å². The summed E-state index contributed by atoms with van der Waals surface area (Å²) in [6, 6.07) is 7.34. The molecule has 0 radical (unpaired) electrons. The van der Waals surface area contributed by atoms with Gasteiger partial charge in [-0.15, -0.1) is 0 Å². The highest BCUT2D eigenvalue weighted by Crippen LogP contribution is 2.37. The molecule has 0 saturated carbocycles. The molecule has 0 amide bonds. The lowest BCUT2D eigenvalue weighted by Gasteiger charge is -2.11. The molecule has 0 aromatic heterocycles. The van der Waals surface area contributed by atoms with E-state index in [1.165, 1.54) is 12.1 Å². The molecule has 0 aliphatic carbocycles. The number of aromatic hydroxyl groups is 1. The highest BCUT2D eigenvalue weighted by molar-refractivity contribution is 6.32. The molecule has 0 spiro atoms. The Bertz CT molecular complexity index is 619. The first-order chi connectivity index (χ1) is 9.25. The van der Waals surface area contributed by atoms with Gasteiger partial charge >= 0.3 is 6.18 Å². The summed E-state index contributed by atoms with van der Waals surface area (Å²) >= 11 is 5.78. The average Bonchev–Trinajstić information content (AvgIpc) is 2.29. The summed E-state index contributed by atoms with van der Waals surface area (Å²) in [5.74, 6) is 0.386. The Labute approximate surface area is 118 Å². The molecule has 0 saturated heterocycles. The third kappa shape index (κ3) is 3.36. The van der Waals surface area contributed by atoms with Gasteiger partial charge in [-0.2, -0.15) is 13.2 Å². The minimum absolute atomic E-state index is 0.00281. The second-order valence-electron chi connectivity index (χ2n) is 4.25. The summed E-state index contributed by atoms with van der Waals surface area (Å²) in [6.45, 7) is 1.75. The van der Waals surface area contributed by atoms with E-state index >= 15 is 0 Å². The SMILES string of the molecule is Cc1cc(O)cc(Oc2ccc(C(F)(F)F)cc2Cl)c1. The van der Waals surface area contributed by atoms with Gasteiger partial charge in [-0.3, -0.25) is 0 Å². The van der Waals surface area contributed by atoms with Crippen LogP contribution in [0.15, 0.2) is 36.4 Å². The topological polar surface area (TPSA) is 29.5 Å². The predicted octanol–water partition coefficient (Wildman–Crippen LogP) is 5.17. The summed E-state index contributed by atoms with van der Waals surface area (Å²) in [4.78, 5) is 0. The van der Waals surface area contributed by atoms with Crippen molar-refractivity contribution in [2.75, 3.05) is 0 Å². The number of rotatable bonds is 2. The molecule has 1 N–H and O–H groups in total. The van der Waals surface area contributed by atoms with E-state index in [9.17, 15) is 18.3 Å². The first kappa shape index (κ1) is 14.5. The molecule has 0 heterocycles. The number of ether oxygens (including phenoxy) is 1. The maximum atomic E-state index is 12.5. The van der Waals surface area contributed by atoms with Crippen LogP contribution in [0.5, 0.6) is 17.2 Å². The quantitative estimate of drug-likeness (QED) is 0.829. The van der Waals surface area contributed by atoms with Gasteiger partial charge in [0.15, 0.2) is 0 Å². The standard InChI is InChI=1S/C14H10ClF3O2/c1-8-4-10(19)7-11(5-8)20-13-3-2-9(6-12(13)15)14(16,17)18/h2-7,19H,1H3. The van der Waals surface area contributed by atoms with Crippen LogP contribution >= 0.6 is 11.6 Å². The normalized spacial score (nSPS) is 11.4. The van der Waals surface area contributed by atoms with Crippen molar-refractivity contribution in [3.05, 3.63) is 52.5 Å². The Morgan fingerprint density at radius 2 is 1.80 bits per heavy atom. The summed E-state index contributed by atoms with van der Waals surface area (Å²) in [7, 11) is 0. The van der Waals surface area contributed by atoms with E-state index < -0.39 is 11.7 Å². The molecule has 2 rings (SSSR count). The van der Waals surface area contributed by atoms with Gasteiger partial charge in [0.25, 0.3) is 0 Å². The molecule has 6 heteroatoms. The Morgan fingerprint density at radius 1 is 1.10 bits per heavy atom. The van der Waals surface area contributed by atoms with Crippen LogP contribution in [0.2, 0.25) is 5.02 Å². The van der Waals surface area contributed by atoms with Crippen LogP contribution in [-0.2, 0) is 6.18 Å². The molecule has 2 aromatic carbocycles. The van der Waals surface area contributed by atoms with Crippen molar-refractivity contribution in [1.29, 1.82) is 0 Å². The van der Waals surface area contributed by atoms with E-state index in [1.807, 2.05) is 0 Å². The molecule has 0 aliphatic rings. The van der Waals surface area contributed by atoms with Crippen LogP contribution in [0.4, 0.5) is 13.2 Å². The number of phenolic OH excluding ortho intramolecular Hbond substituents is 1. The van der Waals surface area contributed by atoms with Crippen molar-refractivity contribution >= 4 is 11.6 Å². The van der Waals surface area contributed by atoms with Gasteiger partial charge in [-0.05, 0) is 42.8 Å². The number of benzene rings is 2. The molecule has 0 bridgehead atoms. The fourth-order valence-corrected chi connectivity index (χ4v) is 1.89. The van der Waals surface area contributed by atoms with Crippen molar-refractivity contribution < 1.29 is 23.0 Å². The Hall–Kier alpha value is -1.88. The van der Waals surface area contributed by atoms with Crippen LogP contribution in [-0.4, -0.2) is 5.11 Å². The van der Waals surface area contributed by atoms with Gasteiger partial charge in [0.2, 0.25) is 0 Å². The van der Waals surface area contributed by atoms with E-state index in [0.717, 1.165) is 23.8 Å². The Balaban J connectivity index is 2.30. The second-order valence-corrected chi connectivity index (χ2v) is 4.66. The fraction of sp³-hybridized carbons (Fsp3) is 0.143. The third-order valence-electron chi connectivity index (χ3n) is 2.52. The summed E-state index contributed by atoms with van der Waals surface area (Å²) in [5.41, 5.74) is -0.0926. The zero-order chi connectivity index (χ0) is 14.9. The average molecular weight is 303 g/mol. The molecular weight excluding hydrogens is 293 g/mol. The number of alkyl halides is 3. The van der Waals surface area contributed by atoms with Gasteiger partial charge in [-0.1, -0.05) is 11.6 Å². The zero-order valence-corrected chi connectivity index (χ0v) is 11.1. The third-order valence-corrected chi connectivity index (χ3v) is 2.82. The van der Waals surface area contributed by atoms with Gasteiger partial charge in [0, 0.05) is 6.07 Å². The van der Waals surface area contributed by atoms with Crippen LogP contribution in [0.1, 0.15) is 11.1 Å². The Kier molecular flexibility index (Phi) is 3.81. The van der Waals surface area contributed by atoms with Crippen molar-refractivity contribution in [1.82, 2.24) is 0 Å². The van der Waals surface area contributed by atoms with Gasteiger partial charge < -0.3 is 9.84 Å². The van der Waals surface area contributed by atoms with E-state index in [0.29, 0.717) is 5.75 Å². The fourth-order valence-electron chi connectivity index (χ4n) is 1.67. The minimum Gasteiger partial charge on any atom is -0.508 e. The molecule has 0 aliphatic heterocycles. The summed E-state index contributed by atoms with van der Waals surface area (Å²) < 4.78 is 42.9. The molecule has 2 nitrogen and oxygen atoms in total. The molecule has 106 valence electrons. The van der Waals surface area contributed by atoms with Gasteiger partial charge in [-0.25, -0.2) is 0 Å². The molecule has 20 heavy (non-hydrogen) atoms. The lowest BCUT2D eigenvalue weighted by molar-refractivity contribution is -0.137. The van der Waals surface area contributed by atoms with Crippen LogP contribution in [0.25, 0.3) is 0 Å².